The Kier molecular flexibility index (Phi) is 6.55. The number of amides is 1. The molecule has 1 amide bonds. The summed E-state index contributed by atoms with van der Waals surface area (Å²) in [5, 5.41) is 22.2. The van der Waals surface area contributed by atoms with Crippen LogP contribution in [-0.2, 0) is 17.2 Å². The van der Waals surface area contributed by atoms with E-state index in [1.807, 2.05) is 34.6 Å². The van der Waals surface area contributed by atoms with E-state index in [4.69, 9.17) is 43.0 Å². The molecule has 4 unspecified atom stereocenters. The van der Waals surface area contributed by atoms with Crippen LogP contribution in [0.25, 0.3) is 22.4 Å². The zero-order chi connectivity index (χ0) is 28.3. The predicted molar refractivity (Wildman–Crippen MR) is 154 cm³/mol. The number of hydrogen-bond donors (Lipinski definition) is 2. The SMILES string of the molecule is Cn1nccc1C1(CNC(=O)O)C2CCN(c3cnc4c(-c5cccc(Cl)c5Cl)nn(C5CCCCO5)c4n3)CC21. The van der Waals surface area contributed by atoms with Gasteiger partial charge in [0.1, 0.15) is 17.0 Å². The minimum Gasteiger partial charge on any atom is -0.465 e. The number of carbonyl (C=O) groups is 1. The lowest BCUT2D eigenvalue weighted by molar-refractivity contribution is -0.0368. The Balaban J connectivity index is 1.25. The average molecular weight is 598 g/mol. The van der Waals surface area contributed by atoms with Gasteiger partial charge in [0.15, 0.2) is 11.9 Å². The molecule has 4 aromatic rings. The zero-order valence-electron chi connectivity index (χ0n) is 22.5. The van der Waals surface area contributed by atoms with Crippen LogP contribution in [-0.4, -0.2) is 67.0 Å². The molecule has 7 rings (SSSR count). The molecule has 1 saturated carbocycles. The molecule has 3 aromatic heterocycles. The summed E-state index contributed by atoms with van der Waals surface area (Å²) in [6.45, 7) is 2.54. The van der Waals surface area contributed by atoms with Crippen LogP contribution in [0.15, 0.2) is 36.7 Å². The molecule has 11 nitrogen and oxygen atoms in total. The summed E-state index contributed by atoms with van der Waals surface area (Å²) in [6, 6.07) is 7.49. The summed E-state index contributed by atoms with van der Waals surface area (Å²) in [5.41, 5.74) is 3.36. The third-order valence-corrected chi connectivity index (χ3v) is 9.83. The Morgan fingerprint density at radius 1 is 1.22 bits per heavy atom. The number of halogens is 2. The third-order valence-electron chi connectivity index (χ3n) is 9.01. The normalized spacial score (nSPS) is 25.7. The van der Waals surface area contributed by atoms with E-state index in [0.29, 0.717) is 51.5 Å². The van der Waals surface area contributed by atoms with Crippen molar-refractivity contribution >= 4 is 46.3 Å². The maximum atomic E-state index is 11.5. The van der Waals surface area contributed by atoms with Crippen molar-refractivity contribution in [2.75, 3.05) is 31.1 Å². The van der Waals surface area contributed by atoms with Crippen molar-refractivity contribution < 1.29 is 14.6 Å². The number of carboxylic acid groups (broad SMARTS) is 1. The van der Waals surface area contributed by atoms with Crippen molar-refractivity contribution in [3.63, 3.8) is 0 Å². The van der Waals surface area contributed by atoms with Crippen molar-refractivity contribution in [3.05, 3.63) is 52.4 Å². The van der Waals surface area contributed by atoms with E-state index in [9.17, 15) is 9.90 Å². The standard InChI is InChI=1S/C28H30Cl2N8O3/c1-36-20(8-10-33-36)28(15-32-27(39)40)17-9-11-37(14-18(17)28)21-13-31-25-24(16-5-4-6-19(29)23(16)30)35-38(26(25)34-21)22-7-2-3-12-41-22/h4-6,8,10,13,17-18,22,32H,2-3,7,9,11-12,14-15H2,1H3,(H,39,40). The Labute approximate surface area is 246 Å². The van der Waals surface area contributed by atoms with Crippen LogP contribution in [0.1, 0.15) is 37.6 Å². The summed E-state index contributed by atoms with van der Waals surface area (Å²) in [4.78, 5) is 23.7. The van der Waals surface area contributed by atoms with Gasteiger partial charge in [-0.05, 0) is 49.7 Å². The highest BCUT2D eigenvalue weighted by Gasteiger charge is 2.67. The fourth-order valence-electron chi connectivity index (χ4n) is 7.01. The lowest BCUT2D eigenvalue weighted by Crippen LogP contribution is -2.35. The molecule has 3 aliphatic rings. The summed E-state index contributed by atoms with van der Waals surface area (Å²) in [5.74, 6) is 1.37. The molecule has 0 bridgehead atoms. The van der Waals surface area contributed by atoms with Gasteiger partial charge in [0.05, 0.1) is 16.2 Å². The number of hydrogen-bond acceptors (Lipinski definition) is 7. The first-order valence-corrected chi connectivity index (χ1v) is 14.7. The first-order chi connectivity index (χ1) is 19.9. The summed E-state index contributed by atoms with van der Waals surface area (Å²) in [6.07, 6.45) is 6.12. The Morgan fingerprint density at radius 3 is 2.85 bits per heavy atom. The second-order valence-corrected chi connectivity index (χ2v) is 11.9. The third kappa shape index (κ3) is 4.33. The average Bonchev–Trinajstić information content (AvgIpc) is 3.21. The largest absolute Gasteiger partial charge is 0.465 e. The minimum absolute atomic E-state index is 0.240. The van der Waals surface area contributed by atoms with Gasteiger partial charge in [-0.2, -0.15) is 10.2 Å². The lowest BCUT2D eigenvalue weighted by Gasteiger charge is -2.27. The minimum atomic E-state index is -1.02. The van der Waals surface area contributed by atoms with Crippen LogP contribution < -0.4 is 10.2 Å². The Hall–Kier alpha value is -3.41. The molecule has 2 aliphatic heterocycles. The highest BCUT2D eigenvalue weighted by molar-refractivity contribution is 6.43. The van der Waals surface area contributed by atoms with Gasteiger partial charge < -0.3 is 20.1 Å². The van der Waals surface area contributed by atoms with Gasteiger partial charge in [-0.25, -0.2) is 19.4 Å². The molecule has 3 fully saturated rings. The van der Waals surface area contributed by atoms with Gasteiger partial charge in [0.25, 0.3) is 0 Å². The number of aromatic nitrogens is 6. The number of benzene rings is 1. The highest BCUT2D eigenvalue weighted by Crippen LogP contribution is 2.63. The van der Waals surface area contributed by atoms with Crippen molar-refractivity contribution in [2.45, 2.75) is 37.3 Å². The van der Waals surface area contributed by atoms with Gasteiger partial charge in [-0.15, -0.1) is 0 Å². The zero-order valence-corrected chi connectivity index (χ0v) is 24.0. The van der Waals surface area contributed by atoms with Crippen LogP contribution in [0.2, 0.25) is 10.0 Å². The monoisotopic (exact) mass is 596 g/mol. The van der Waals surface area contributed by atoms with Crippen LogP contribution >= 0.6 is 23.2 Å². The number of nitrogens with one attached hydrogen (secondary N) is 1. The van der Waals surface area contributed by atoms with E-state index < -0.39 is 6.09 Å². The van der Waals surface area contributed by atoms with Gasteiger partial charge >= 0.3 is 6.09 Å². The van der Waals surface area contributed by atoms with Crippen molar-refractivity contribution in [3.8, 4) is 11.3 Å². The topological polar surface area (TPSA) is 123 Å². The molecule has 1 aromatic carbocycles. The summed E-state index contributed by atoms with van der Waals surface area (Å²) >= 11 is 13.0. The molecule has 1 aliphatic carbocycles. The molecule has 5 heterocycles. The van der Waals surface area contributed by atoms with Crippen molar-refractivity contribution in [1.29, 1.82) is 0 Å². The van der Waals surface area contributed by atoms with Gasteiger partial charge in [0.2, 0.25) is 0 Å². The van der Waals surface area contributed by atoms with Crippen LogP contribution in [0, 0.1) is 11.8 Å². The summed E-state index contributed by atoms with van der Waals surface area (Å²) in [7, 11) is 1.91. The number of piperidine rings is 1. The number of rotatable bonds is 6. The number of fused-ring (bicyclic) bond motifs is 2. The molecule has 214 valence electrons. The maximum Gasteiger partial charge on any atom is 0.404 e. The second kappa shape index (κ2) is 10.1. The smallest absolute Gasteiger partial charge is 0.404 e. The van der Waals surface area contributed by atoms with Crippen LogP contribution in [0.3, 0.4) is 0 Å². The van der Waals surface area contributed by atoms with E-state index in [0.717, 1.165) is 50.3 Å². The van der Waals surface area contributed by atoms with Crippen molar-refractivity contribution in [2.24, 2.45) is 18.9 Å². The van der Waals surface area contributed by atoms with Gasteiger partial charge in [-0.3, -0.25) is 4.68 Å². The van der Waals surface area contributed by atoms with Gasteiger partial charge in [-0.1, -0.05) is 35.3 Å². The molecule has 0 spiro atoms. The fraction of sp³-hybridized carbons (Fsp3) is 0.464. The molecule has 2 N–H and O–H groups in total. The lowest BCUT2D eigenvalue weighted by atomic mass is 9.96. The molecular formula is C28H30Cl2N8O3. The molecule has 0 radical (unpaired) electrons. The first-order valence-electron chi connectivity index (χ1n) is 13.9. The Morgan fingerprint density at radius 2 is 2.10 bits per heavy atom. The molecule has 2 saturated heterocycles. The quantitative estimate of drug-likeness (QED) is 0.322. The molecular weight excluding hydrogens is 567 g/mol. The summed E-state index contributed by atoms with van der Waals surface area (Å²) < 4.78 is 9.82. The fourth-order valence-corrected chi connectivity index (χ4v) is 7.40. The number of anilines is 1. The second-order valence-electron chi connectivity index (χ2n) is 11.1. The molecule has 4 atom stereocenters. The van der Waals surface area contributed by atoms with E-state index in [1.165, 1.54) is 0 Å². The number of ether oxygens (including phenoxy) is 1. The molecule has 41 heavy (non-hydrogen) atoms. The number of aryl methyl sites for hydroxylation is 1. The van der Waals surface area contributed by atoms with E-state index in [-0.39, 0.29) is 17.6 Å². The van der Waals surface area contributed by atoms with E-state index in [2.05, 4.69) is 15.3 Å². The maximum absolute atomic E-state index is 11.5. The van der Waals surface area contributed by atoms with Gasteiger partial charge in [0, 0.05) is 56.2 Å². The Bertz CT molecular complexity index is 1630. The molecule has 13 heteroatoms. The van der Waals surface area contributed by atoms with Crippen LogP contribution in [0.5, 0.6) is 0 Å². The van der Waals surface area contributed by atoms with E-state index >= 15 is 0 Å². The highest BCUT2D eigenvalue weighted by atomic mass is 35.5. The van der Waals surface area contributed by atoms with E-state index in [1.54, 1.807) is 18.5 Å². The van der Waals surface area contributed by atoms with Crippen molar-refractivity contribution in [1.82, 2.24) is 34.8 Å². The predicted octanol–water partition coefficient (Wildman–Crippen LogP) is 4.89. The first kappa shape index (κ1) is 26.5. The van der Waals surface area contributed by atoms with Crippen LogP contribution in [0.4, 0.5) is 10.6 Å². The number of nitrogens with zero attached hydrogens (tertiary/aromatic N) is 7.